The first-order chi connectivity index (χ1) is 13.4. The molecule has 1 aliphatic rings. The summed E-state index contributed by atoms with van der Waals surface area (Å²) in [5.74, 6) is 0.761. The van der Waals surface area contributed by atoms with Crippen LogP contribution >= 0.6 is 24.0 Å². The number of hydrogen-bond acceptors (Lipinski definition) is 3. The molecule has 0 unspecified atom stereocenters. The third kappa shape index (κ3) is 6.16. The number of nitrogens with one attached hydrogen (secondary N) is 2. The van der Waals surface area contributed by atoms with Gasteiger partial charge in [0.2, 0.25) is 10.0 Å². The average molecular weight is 528 g/mol. The first kappa shape index (κ1) is 23.6. The maximum absolute atomic E-state index is 12.3. The molecule has 2 N–H and O–H groups in total. The van der Waals surface area contributed by atoms with Crippen LogP contribution in [0.5, 0.6) is 0 Å². The Hall–Kier alpha value is -1.65. The lowest BCUT2D eigenvalue weighted by Gasteiger charge is -2.23. The van der Waals surface area contributed by atoms with Crippen molar-refractivity contribution in [1.82, 2.24) is 10.0 Å². The molecule has 0 fully saturated rings. The first-order valence-electron chi connectivity index (χ1n) is 9.52. The van der Waals surface area contributed by atoms with Crippen LogP contribution in [0.2, 0.25) is 0 Å². The summed E-state index contributed by atoms with van der Waals surface area (Å²) in [5, 5.41) is 3.40. The molecule has 29 heavy (non-hydrogen) atoms. The lowest BCUT2D eigenvalue weighted by Crippen LogP contribution is -2.40. The van der Waals surface area contributed by atoms with Crippen LogP contribution in [0.3, 0.4) is 0 Å². The van der Waals surface area contributed by atoms with Crippen LogP contribution in [0.1, 0.15) is 30.5 Å². The Kier molecular flexibility index (Phi) is 8.47. The predicted molar refractivity (Wildman–Crippen MR) is 130 cm³/mol. The smallest absolute Gasteiger partial charge is 0.216 e. The van der Waals surface area contributed by atoms with E-state index in [1.165, 1.54) is 11.3 Å². The summed E-state index contributed by atoms with van der Waals surface area (Å²) in [7, 11) is -1.60. The van der Waals surface area contributed by atoms with Gasteiger partial charge in [-0.25, -0.2) is 13.1 Å². The largest absolute Gasteiger partial charge is 0.352 e. The fourth-order valence-corrected chi connectivity index (χ4v) is 5.00. The number of sulfonamides is 1. The van der Waals surface area contributed by atoms with Crippen molar-refractivity contribution in [3.8, 4) is 0 Å². The monoisotopic (exact) mass is 528 g/mol. The molecule has 0 aromatic heterocycles. The second kappa shape index (κ2) is 10.4. The molecule has 0 aliphatic carbocycles. The molecule has 0 spiro atoms. The molecule has 3 rings (SSSR count). The van der Waals surface area contributed by atoms with Crippen LogP contribution in [0.4, 0.5) is 5.69 Å². The minimum atomic E-state index is -3.37. The van der Waals surface area contributed by atoms with Crippen molar-refractivity contribution in [1.29, 1.82) is 0 Å². The van der Waals surface area contributed by atoms with Gasteiger partial charge in [-0.3, -0.25) is 4.99 Å². The molecule has 0 radical (unpaired) electrons. The molecule has 0 bridgehead atoms. The SMILES string of the molecule is CN=C(NCc1ccccc1CS(=O)(=O)NC(C)C)N1CCc2ccccc21.I. The van der Waals surface area contributed by atoms with Gasteiger partial charge < -0.3 is 10.2 Å². The van der Waals surface area contributed by atoms with Crippen molar-refractivity contribution in [2.24, 2.45) is 4.99 Å². The van der Waals surface area contributed by atoms with Gasteiger partial charge in [0.05, 0.1) is 5.75 Å². The van der Waals surface area contributed by atoms with Gasteiger partial charge >= 0.3 is 0 Å². The van der Waals surface area contributed by atoms with E-state index in [2.05, 4.69) is 38.1 Å². The van der Waals surface area contributed by atoms with Crippen LogP contribution in [0, 0.1) is 0 Å². The molecular formula is C21H29IN4O2S. The Balaban J connectivity index is 0.00000300. The zero-order chi connectivity index (χ0) is 20.1. The maximum atomic E-state index is 12.3. The molecule has 0 atom stereocenters. The fraction of sp³-hybridized carbons (Fsp3) is 0.381. The molecule has 158 valence electrons. The van der Waals surface area contributed by atoms with Gasteiger partial charge in [-0.2, -0.15) is 0 Å². The van der Waals surface area contributed by atoms with E-state index in [9.17, 15) is 8.42 Å². The van der Waals surface area contributed by atoms with E-state index in [1.807, 2.05) is 44.2 Å². The highest BCUT2D eigenvalue weighted by molar-refractivity contribution is 14.0. The number of rotatable bonds is 6. The van der Waals surface area contributed by atoms with Gasteiger partial charge in [-0.05, 0) is 43.0 Å². The number of nitrogens with zero attached hydrogens (tertiary/aromatic N) is 2. The number of fused-ring (bicyclic) bond motifs is 1. The van der Waals surface area contributed by atoms with Gasteiger partial charge in [0.25, 0.3) is 0 Å². The summed E-state index contributed by atoms with van der Waals surface area (Å²) in [6, 6.07) is 15.8. The fourth-order valence-electron chi connectivity index (χ4n) is 3.50. The summed E-state index contributed by atoms with van der Waals surface area (Å²) in [6.45, 7) is 5.04. The van der Waals surface area contributed by atoms with Gasteiger partial charge in [0.15, 0.2) is 5.96 Å². The van der Waals surface area contributed by atoms with Crippen LogP contribution in [-0.4, -0.2) is 34.0 Å². The van der Waals surface area contributed by atoms with E-state index < -0.39 is 10.0 Å². The highest BCUT2D eigenvalue weighted by Crippen LogP contribution is 2.27. The Bertz CT molecular complexity index is 961. The van der Waals surface area contributed by atoms with Gasteiger partial charge in [0.1, 0.15) is 0 Å². The number of benzene rings is 2. The second-order valence-electron chi connectivity index (χ2n) is 7.23. The predicted octanol–water partition coefficient (Wildman–Crippen LogP) is 3.27. The quantitative estimate of drug-likeness (QED) is 0.343. The zero-order valence-corrected chi connectivity index (χ0v) is 20.2. The summed E-state index contributed by atoms with van der Waals surface area (Å²) in [5.41, 5.74) is 4.23. The zero-order valence-electron chi connectivity index (χ0n) is 17.1. The normalized spacial score (nSPS) is 13.9. The highest BCUT2D eigenvalue weighted by Gasteiger charge is 2.22. The van der Waals surface area contributed by atoms with E-state index in [1.54, 1.807) is 7.05 Å². The van der Waals surface area contributed by atoms with E-state index in [4.69, 9.17) is 0 Å². The molecule has 0 amide bonds. The van der Waals surface area contributed by atoms with E-state index >= 15 is 0 Å². The third-order valence-corrected chi connectivity index (χ3v) is 6.19. The van der Waals surface area contributed by atoms with E-state index in [0.29, 0.717) is 6.54 Å². The molecular weight excluding hydrogens is 499 g/mol. The van der Waals surface area contributed by atoms with Crippen LogP contribution in [0.25, 0.3) is 0 Å². The number of hydrogen-bond donors (Lipinski definition) is 2. The van der Waals surface area contributed by atoms with Gasteiger partial charge in [0, 0.05) is 31.9 Å². The number of halogens is 1. The minimum Gasteiger partial charge on any atom is -0.352 e. The Morgan fingerprint density at radius 1 is 1.10 bits per heavy atom. The summed E-state index contributed by atoms with van der Waals surface area (Å²) < 4.78 is 27.3. The van der Waals surface area contributed by atoms with E-state index in [-0.39, 0.29) is 35.8 Å². The van der Waals surface area contributed by atoms with Gasteiger partial charge in [-0.15, -0.1) is 24.0 Å². The summed E-state index contributed by atoms with van der Waals surface area (Å²) in [4.78, 5) is 6.60. The standard InChI is InChI=1S/C21H28N4O2S.HI/c1-16(2)24-28(26,27)15-19-10-5-4-9-18(19)14-23-21(22-3)25-13-12-17-8-6-7-11-20(17)25;/h4-11,16,24H,12-15H2,1-3H3,(H,22,23);1H. The maximum Gasteiger partial charge on any atom is 0.216 e. The molecule has 8 heteroatoms. The first-order valence-corrected chi connectivity index (χ1v) is 11.2. The Morgan fingerprint density at radius 3 is 2.45 bits per heavy atom. The van der Waals surface area contributed by atoms with Crippen LogP contribution < -0.4 is 14.9 Å². The van der Waals surface area contributed by atoms with Crippen molar-refractivity contribution >= 4 is 45.6 Å². The Morgan fingerprint density at radius 2 is 1.76 bits per heavy atom. The average Bonchev–Trinajstić information content (AvgIpc) is 3.06. The number of anilines is 1. The van der Waals surface area contributed by atoms with Crippen molar-refractivity contribution in [3.63, 3.8) is 0 Å². The third-order valence-electron chi connectivity index (χ3n) is 4.67. The summed E-state index contributed by atoms with van der Waals surface area (Å²) >= 11 is 0. The highest BCUT2D eigenvalue weighted by atomic mass is 127. The molecule has 1 heterocycles. The van der Waals surface area contributed by atoms with E-state index in [0.717, 1.165) is 30.1 Å². The second-order valence-corrected chi connectivity index (χ2v) is 8.99. The summed E-state index contributed by atoms with van der Waals surface area (Å²) in [6.07, 6.45) is 0.993. The number of guanidine groups is 1. The van der Waals surface area contributed by atoms with Crippen molar-refractivity contribution < 1.29 is 8.42 Å². The lowest BCUT2D eigenvalue weighted by molar-refractivity contribution is 0.568. The number of para-hydroxylation sites is 1. The molecule has 2 aromatic rings. The van der Waals surface area contributed by atoms with Crippen LogP contribution in [0.15, 0.2) is 53.5 Å². The number of aliphatic imine (C=N–C) groups is 1. The van der Waals surface area contributed by atoms with Crippen molar-refractivity contribution in [2.75, 3.05) is 18.5 Å². The topological polar surface area (TPSA) is 73.8 Å². The molecule has 1 aliphatic heterocycles. The Labute approximate surface area is 190 Å². The molecule has 2 aromatic carbocycles. The van der Waals surface area contributed by atoms with Crippen LogP contribution in [-0.2, 0) is 28.7 Å². The minimum absolute atomic E-state index is 0. The molecule has 0 saturated heterocycles. The van der Waals surface area contributed by atoms with Gasteiger partial charge in [-0.1, -0.05) is 42.5 Å². The van der Waals surface area contributed by atoms with Crippen molar-refractivity contribution in [2.45, 2.75) is 38.6 Å². The molecule has 6 nitrogen and oxygen atoms in total. The molecule has 0 saturated carbocycles. The lowest BCUT2D eigenvalue weighted by atomic mass is 10.1. The van der Waals surface area contributed by atoms with Crippen molar-refractivity contribution in [3.05, 3.63) is 65.2 Å².